The van der Waals surface area contributed by atoms with E-state index in [-0.39, 0.29) is 11.8 Å². The molecule has 0 fully saturated rings. The van der Waals surface area contributed by atoms with Crippen molar-refractivity contribution in [3.05, 3.63) is 90.0 Å². The van der Waals surface area contributed by atoms with Gasteiger partial charge in [0.1, 0.15) is 0 Å². The molecule has 0 saturated heterocycles. The molecule has 0 spiro atoms. The number of rotatable bonds is 2. The molecule has 23 heavy (non-hydrogen) atoms. The first-order valence-electron chi connectivity index (χ1n) is 7.85. The Hall–Kier alpha value is -2.87. The molecule has 0 bridgehead atoms. The molecule has 3 aromatic rings. The van der Waals surface area contributed by atoms with Crippen LogP contribution in [0.4, 0.5) is 5.69 Å². The maximum atomic E-state index is 12.1. The molecule has 0 saturated carbocycles. The van der Waals surface area contributed by atoms with Gasteiger partial charge in [0, 0.05) is 18.0 Å². The highest BCUT2D eigenvalue weighted by atomic mass is 16.1. The maximum Gasteiger partial charge on any atom is 0.225 e. The smallest absolute Gasteiger partial charge is 0.225 e. The number of carbonyl (C=O) groups is 1. The Balaban J connectivity index is 1.79. The Bertz CT molecular complexity index is 840. The van der Waals surface area contributed by atoms with Crippen LogP contribution in [0.15, 0.2) is 78.9 Å². The van der Waals surface area contributed by atoms with Crippen LogP contribution in [0.5, 0.6) is 0 Å². The predicted molar refractivity (Wildman–Crippen MR) is 93.4 cm³/mol. The Morgan fingerprint density at radius 3 is 2.22 bits per heavy atom. The monoisotopic (exact) mass is 299 g/mol. The molecule has 1 N–H and O–H groups in total. The second-order valence-electron chi connectivity index (χ2n) is 5.88. The minimum atomic E-state index is 0.0802. The summed E-state index contributed by atoms with van der Waals surface area (Å²) in [6, 6.07) is 26.9. The van der Waals surface area contributed by atoms with Crippen LogP contribution in [-0.4, -0.2) is 5.91 Å². The number of anilines is 1. The Labute approximate surface area is 135 Å². The van der Waals surface area contributed by atoms with Gasteiger partial charge in [-0.3, -0.25) is 4.79 Å². The Morgan fingerprint density at radius 2 is 1.48 bits per heavy atom. The molecular weight excluding hydrogens is 282 g/mol. The van der Waals surface area contributed by atoms with Gasteiger partial charge >= 0.3 is 0 Å². The molecule has 2 heteroatoms. The lowest BCUT2D eigenvalue weighted by Gasteiger charge is -2.26. The predicted octanol–water partition coefficient (Wildman–Crippen LogP) is 4.83. The number of hydrogen-bond acceptors (Lipinski definition) is 1. The zero-order valence-corrected chi connectivity index (χ0v) is 12.7. The molecule has 0 aliphatic carbocycles. The number of hydrogen-bond donors (Lipinski definition) is 1. The fraction of sp³-hybridized carbons (Fsp3) is 0.0952. The molecule has 1 aliphatic rings. The summed E-state index contributed by atoms with van der Waals surface area (Å²) in [5, 5.41) is 3.03. The maximum absolute atomic E-state index is 12.1. The van der Waals surface area contributed by atoms with Crippen LogP contribution >= 0.6 is 0 Å². The zero-order chi connectivity index (χ0) is 15.6. The lowest BCUT2D eigenvalue weighted by atomic mass is 9.84. The van der Waals surface area contributed by atoms with Gasteiger partial charge in [-0.25, -0.2) is 0 Å². The van der Waals surface area contributed by atoms with Crippen molar-refractivity contribution in [1.82, 2.24) is 0 Å². The third-order valence-corrected chi connectivity index (χ3v) is 4.40. The van der Waals surface area contributed by atoms with Gasteiger partial charge in [0.2, 0.25) is 5.91 Å². The fourth-order valence-electron chi connectivity index (χ4n) is 3.26. The largest absolute Gasteiger partial charge is 0.326 e. The van der Waals surface area contributed by atoms with E-state index in [2.05, 4.69) is 47.8 Å². The SMILES string of the molecule is O=C1CC(c2ccccc2)c2ccc(-c3ccccc3)cc2N1. The quantitative estimate of drug-likeness (QED) is 0.721. The van der Waals surface area contributed by atoms with Crippen molar-refractivity contribution in [1.29, 1.82) is 0 Å². The topological polar surface area (TPSA) is 29.1 Å². The van der Waals surface area contributed by atoms with Gasteiger partial charge in [-0.2, -0.15) is 0 Å². The number of benzene rings is 3. The minimum Gasteiger partial charge on any atom is -0.326 e. The van der Waals surface area contributed by atoms with Gasteiger partial charge in [-0.1, -0.05) is 72.8 Å². The summed E-state index contributed by atoms with van der Waals surface area (Å²) in [7, 11) is 0. The summed E-state index contributed by atoms with van der Waals surface area (Å²) < 4.78 is 0. The summed E-state index contributed by atoms with van der Waals surface area (Å²) in [6.45, 7) is 0. The summed E-state index contributed by atoms with van der Waals surface area (Å²) >= 11 is 0. The van der Waals surface area contributed by atoms with E-state index in [0.717, 1.165) is 16.8 Å². The highest BCUT2D eigenvalue weighted by Crippen LogP contribution is 2.38. The van der Waals surface area contributed by atoms with Crippen LogP contribution in [0, 0.1) is 0 Å². The van der Waals surface area contributed by atoms with Crippen molar-refractivity contribution in [2.75, 3.05) is 5.32 Å². The number of fused-ring (bicyclic) bond motifs is 1. The van der Waals surface area contributed by atoms with Gasteiger partial charge in [0.05, 0.1) is 0 Å². The molecule has 112 valence electrons. The van der Waals surface area contributed by atoms with E-state index in [0.29, 0.717) is 6.42 Å². The van der Waals surface area contributed by atoms with Gasteiger partial charge in [-0.05, 0) is 28.3 Å². The number of amides is 1. The molecule has 1 aliphatic heterocycles. The van der Waals surface area contributed by atoms with E-state index >= 15 is 0 Å². The molecule has 1 heterocycles. The third kappa shape index (κ3) is 2.64. The van der Waals surface area contributed by atoms with E-state index in [1.807, 2.05) is 36.4 Å². The van der Waals surface area contributed by atoms with Crippen molar-refractivity contribution >= 4 is 11.6 Å². The second-order valence-corrected chi connectivity index (χ2v) is 5.88. The van der Waals surface area contributed by atoms with Gasteiger partial charge < -0.3 is 5.32 Å². The molecule has 2 nitrogen and oxygen atoms in total. The van der Waals surface area contributed by atoms with Crippen molar-refractivity contribution in [3.63, 3.8) is 0 Å². The Morgan fingerprint density at radius 1 is 0.783 bits per heavy atom. The number of nitrogens with one attached hydrogen (secondary N) is 1. The van der Waals surface area contributed by atoms with E-state index < -0.39 is 0 Å². The molecule has 1 amide bonds. The molecule has 0 radical (unpaired) electrons. The van der Waals surface area contributed by atoms with E-state index in [9.17, 15) is 4.79 Å². The van der Waals surface area contributed by atoms with Crippen molar-refractivity contribution in [2.45, 2.75) is 12.3 Å². The van der Waals surface area contributed by atoms with Crippen LogP contribution in [-0.2, 0) is 4.79 Å². The highest BCUT2D eigenvalue weighted by molar-refractivity contribution is 5.96. The first-order valence-corrected chi connectivity index (χ1v) is 7.85. The standard InChI is InChI=1S/C21H17NO/c23-21-14-19(16-9-5-2-6-10-16)18-12-11-17(13-20(18)22-21)15-7-3-1-4-8-15/h1-13,19H,14H2,(H,22,23). The summed E-state index contributed by atoms with van der Waals surface area (Å²) in [5.41, 5.74) is 5.59. The highest BCUT2D eigenvalue weighted by Gasteiger charge is 2.26. The van der Waals surface area contributed by atoms with Crippen LogP contribution in [0.3, 0.4) is 0 Å². The Kier molecular flexibility index (Phi) is 3.43. The van der Waals surface area contributed by atoms with Crippen LogP contribution in [0.25, 0.3) is 11.1 Å². The molecule has 0 aromatic heterocycles. The van der Waals surface area contributed by atoms with Crippen molar-refractivity contribution < 1.29 is 4.79 Å². The van der Waals surface area contributed by atoms with Crippen LogP contribution in [0.1, 0.15) is 23.5 Å². The first-order chi connectivity index (χ1) is 11.3. The first kappa shape index (κ1) is 13.8. The molecule has 1 atom stereocenters. The van der Waals surface area contributed by atoms with E-state index in [4.69, 9.17) is 0 Å². The normalized spacial score (nSPS) is 16.5. The molecular formula is C21H17NO. The molecule has 3 aromatic carbocycles. The van der Waals surface area contributed by atoms with Gasteiger partial charge in [0.15, 0.2) is 0 Å². The van der Waals surface area contributed by atoms with Crippen molar-refractivity contribution in [2.24, 2.45) is 0 Å². The summed E-state index contributed by atoms with van der Waals surface area (Å²) in [6.07, 6.45) is 0.502. The fourth-order valence-corrected chi connectivity index (χ4v) is 3.26. The van der Waals surface area contributed by atoms with Gasteiger partial charge in [-0.15, -0.1) is 0 Å². The second kappa shape index (κ2) is 5.73. The lowest BCUT2D eigenvalue weighted by molar-refractivity contribution is -0.116. The average molecular weight is 299 g/mol. The summed E-state index contributed by atoms with van der Waals surface area (Å²) in [5.74, 6) is 0.210. The lowest BCUT2D eigenvalue weighted by Crippen LogP contribution is -2.23. The summed E-state index contributed by atoms with van der Waals surface area (Å²) in [4.78, 5) is 12.1. The van der Waals surface area contributed by atoms with Gasteiger partial charge in [0.25, 0.3) is 0 Å². The minimum absolute atomic E-state index is 0.0802. The van der Waals surface area contributed by atoms with E-state index in [1.165, 1.54) is 11.1 Å². The molecule has 4 rings (SSSR count). The number of carbonyl (C=O) groups excluding carboxylic acids is 1. The zero-order valence-electron chi connectivity index (χ0n) is 12.7. The van der Waals surface area contributed by atoms with E-state index in [1.54, 1.807) is 0 Å². The van der Waals surface area contributed by atoms with Crippen LogP contribution in [0.2, 0.25) is 0 Å². The van der Waals surface area contributed by atoms with Crippen molar-refractivity contribution in [3.8, 4) is 11.1 Å². The average Bonchev–Trinajstić information content (AvgIpc) is 2.62. The third-order valence-electron chi connectivity index (χ3n) is 4.40. The van der Waals surface area contributed by atoms with Crippen LogP contribution < -0.4 is 5.32 Å². The molecule has 1 unspecified atom stereocenters.